The second kappa shape index (κ2) is 6.08. The molecule has 1 fully saturated rings. The van der Waals surface area contributed by atoms with E-state index in [1.165, 1.54) is 16.4 Å². The van der Waals surface area contributed by atoms with Crippen molar-refractivity contribution in [1.82, 2.24) is 4.31 Å². The average molecular weight is 371 g/mol. The molecule has 7 heteroatoms. The summed E-state index contributed by atoms with van der Waals surface area (Å²) < 4.78 is 40.7. The van der Waals surface area contributed by atoms with Gasteiger partial charge in [0.1, 0.15) is 10.7 Å². The molecular weight excluding hydrogens is 357 g/mol. The number of benzene rings is 1. The number of nitrogens with zero attached hydrogens (tertiary/aromatic N) is 1. The molecule has 0 unspecified atom stereocenters. The summed E-state index contributed by atoms with van der Waals surface area (Å²) in [5.41, 5.74) is 0. The Kier molecular flexibility index (Phi) is 4.87. The van der Waals surface area contributed by atoms with Crippen molar-refractivity contribution in [3.05, 3.63) is 28.5 Å². The van der Waals surface area contributed by atoms with Crippen LogP contribution in [0.25, 0.3) is 0 Å². The average Bonchev–Trinajstić information content (AvgIpc) is 2.25. The normalized spacial score (nSPS) is 16.6. The summed E-state index contributed by atoms with van der Waals surface area (Å²) in [6, 6.07) is 3.92. The van der Waals surface area contributed by atoms with Crippen molar-refractivity contribution in [3.8, 4) is 0 Å². The van der Waals surface area contributed by atoms with Crippen LogP contribution in [0, 0.1) is 5.82 Å². The molecule has 0 heterocycles. The largest absolute Gasteiger partial charge is 0.246 e. The Morgan fingerprint density at radius 1 is 1.42 bits per heavy atom. The van der Waals surface area contributed by atoms with Crippen molar-refractivity contribution in [3.63, 3.8) is 0 Å². The van der Waals surface area contributed by atoms with Gasteiger partial charge < -0.3 is 0 Å². The molecule has 3 nitrogen and oxygen atoms in total. The van der Waals surface area contributed by atoms with Crippen LogP contribution < -0.4 is 0 Å². The smallest absolute Gasteiger partial charge is 0.207 e. The van der Waals surface area contributed by atoms with Crippen LogP contribution in [0.1, 0.15) is 19.3 Å². The Bertz CT molecular complexity index is 563. The van der Waals surface area contributed by atoms with Crippen LogP contribution >= 0.6 is 27.5 Å². The molecule has 0 atom stereocenters. The lowest BCUT2D eigenvalue weighted by Gasteiger charge is -2.36. The maximum atomic E-state index is 13.9. The van der Waals surface area contributed by atoms with Gasteiger partial charge in [-0.2, -0.15) is 4.31 Å². The van der Waals surface area contributed by atoms with E-state index in [4.69, 9.17) is 11.6 Å². The Hall–Kier alpha value is -0.170. The predicted molar refractivity (Wildman–Crippen MR) is 76.4 cm³/mol. The van der Waals surface area contributed by atoms with Crippen LogP contribution in [0.15, 0.2) is 27.6 Å². The quantitative estimate of drug-likeness (QED) is 0.745. The standard InChI is InChI=1S/C12H14BrClFNO2S/c13-9-4-5-12(11(15)8-9)19(17,18)16(7-6-14)10-2-1-3-10/h4-5,8,10H,1-3,6-7H2. The molecule has 0 aliphatic heterocycles. The summed E-state index contributed by atoms with van der Waals surface area (Å²) in [5.74, 6) is -0.540. The van der Waals surface area contributed by atoms with Crippen molar-refractivity contribution in [2.24, 2.45) is 0 Å². The molecular formula is C12H14BrClFNO2S. The molecule has 0 spiro atoms. The molecule has 2 rings (SSSR count). The molecule has 1 aromatic carbocycles. The zero-order valence-electron chi connectivity index (χ0n) is 10.2. The molecule has 1 aliphatic carbocycles. The zero-order chi connectivity index (χ0) is 14.0. The fourth-order valence-electron chi connectivity index (χ4n) is 2.07. The van der Waals surface area contributed by atoms with Gasteiger partial charge in [-0.1, -0.05) is 22.4 Å². The molecule has 1 aliphatic rings. The first-order chi connectivity index (χ1) is 8.96. The minimum atomic E-state index is -3.82. The van der Waals surface area contributed by atoms with Gasteiger partial charge in [0, 0.05) is 22.9 Å². The van der Waals surface area contributed by atoms with Crippen LogP contribution in [-0.2, 0) is 10.0 Å². The molecule has 0 aromatic heterocycles. The molecule has 0 bridgehead atoms. The molecule has 19 heavy (non-hydrogen) atoms. The van der Waals surface area contributed by atoms with Crippen LogP contribution in [0.4, 0.5) is 4.39 Å². The molecule has 0 radical (unpaired) electrons. The van der Waals surface area contributed by atoms with Gasteiger partial charge in [0.2, 0.25) is 10.0 Å². The van der Waals surface area contributed by atoms with Gasteiger partial charge in [-0.25, -0.2) is 12.8 Å². The first-order valence-corrected chi connectivity index (χ1v) is 8.76. The zero-order valence-corrected chi connectivity index (χ0v) is 13.3. The van der Waals surface area contributed by atoms with E-state index in [1.54, 1.807) is 0 Å². The third-order valence-corrected chi connectivity index (χ3v) is 5.91. The number of halogens is 3. The Balaban J connectivity index is 2.38. The SMILES string of the molecule is O=S(=O)(c1ccc(Br)cc1F)N(CCCl)C1CCC1. The van der Waals surface area contributed by atoms with E-state index in [9.17, 15) is 12.8 Å². The highest BCUT2D eigenvalue weighted by Gasteiger charge is 2.35. The highest BCUT2D eigenvalue weighted by Crippen LogP contribution is 2.31. The fourth-order valence-corrected chi connectivity index (χ4v) is 4.42. The van der Waals surface area contributed by atoms with Crippen LogP contribution in [-0.4, -0.2) is 31.2 Å². The Morgan fingerprint density at radius 3 is 2.58 bits per heavy atom. The third-order valence-electron chi connectivity index (χ3n) is 3.27. The predicted octanol–water partition coefficient (Wildman–Crippen LogP) is 3.37. The van der Waals surface area contributed by atoms with Crippen molar-refractivity contribution in [2.75, 3.05) is 12.4 Å². The highest BCUT2D eigenvalue weighted by molar-refractivity contribution is 9.10. The summed E-state index contributed by atoms with van der Waals surface area (Å²) in [4.78, 5) is -0.285. The van der Waals surface area contributed by atoms with Gasteiger partial charge in [-0.3, -0.25) is 0 Å². The van der Waals surface area contributed by atoms with Gasteiger partial charge in [0.15, 0.2) is 0 Å². The van der Waals surface area contributed by atoms with E-state index >= 15 is 0 Å². The number of rotatable bonds is 5. The number of hydrogen-bond acceptors (Lipinski definition) is 2. The van der Waals surface area contributed by atoms with E-state index in [1.807, 2.05) is 0 Å². The second-order valence-corrected chi connectivity index (χ2v) is 7.62. The second-order valence-electron chi connectivity index (χ2n) is 4.46. The topological polar surface area (TPSA) is 37.4 Å². The van der Waals surface area contributed by atoms with E-state index < -0.39 is 15.8 Å². The lowest BCUT2D eigenvalue weighted by Crippen LogP contribution is -2.45. The fraction of sp³-hybridized carbons (Fsp3) is 0.500. The van der Waals surface area contributed by atoms with E-state index in [0.29, 0.717) is 4.47 Å². The highest BCUT2D eigenvalue weighted by atomic mass is 79.9. The molecule has 106 valence electrons. The molecule has 0 amide bonds. The minimum Gasteiger partial charge on any atom is -0.207 e. The van der Waals surface area contributed by atoms with Crippen LogP contribution in [0.2, 0.25) is 0 Å². The summed E-state index contributed by atoms with van der Waals surface area (Å²) in [6.07, 6.45) is 2.63. The maximum Gasteiger partial charge on any atom is 0.246 e. The molecule has 1 saturated carbocycles. The van der Waals surface area contributed by atoms with E-state index in [0.717, 1.165) is 25.3 Å². The summed E-state index contributed by atoms with van der Waals surface area (Å²) in [7, 11) is -3.82. The first kappa shape index (κ1) is 15.2. The van der Waals surface area contributed by atoms with Crippen molar-refractivity contribution < 1.29 is 12.8 Å². The van der Waals surface area contributed by atoms with Crippen LogP contribution in [0.3, 0.4) is 0 Å². The number of alkyl halides is 1. The lowest BCUT2D eigenvalue weighted by molar-refractivity contribution is 0.227. The Morgan fingerprint density at radius 2 is 2.11 bits per heavy atom. The lowest BCUT2D eigenvalue weighted by atomic mass is 9.93. The van der Waals surface area contributed by atoms with Gasteiger partial charge >= 0.3 is 0 Å². The Labute approximate surface area is 125 Å². The summed E-state index contributed by atoms with van der Waals surface area (Å²) >= 11 is 8.79. The van der Waals surface area contributed by atoms with Crippen LogP contribution in [0.5, 0.6) is 0 Å². The van der Waals surface area contributed by atoms with Gasteiger partial charge in [0.25, 0.3) is 0 Å². The van der Waals surface area contributed by atoms with Crippen molar-refractivity contribution in [2.45, 2.75) is 30.2 Å². The monoisotopic (exact) mass is 369 g/mol. The van der Waals surface area contributed by atoms with E-state index in [2.05, 4.69) is 15.9 Å². The number of sulfonamides is 1. The number of hydrogen-bond donors (Lipinski definition) is 0. The van der Waals surface area contributed by atoms with Gasteiger partial charge in [-0.15, -0.1) is 11.6 Å². The first-order valence-electron chi connectivity index (χ1n) is 5.99. The summed E-state index contributed by atoms with van der Waals surface area (Å²) in [5, 5.41) is 0. The summed E-state index contributed by atoms with van der Waals surface area (Å²) in [6.45, 7) is 0.212. The molecule has 1 aromatic rings. The molecule has 0 saturated heterocycles. The maximum absolute atomic E-state index is 13.9. The van der Waals surface area contributed by atoms with E-state index in [-0.39, 0.29) is 23.4 Å². The minimum absolute atomic E-state index is 0.0493. The molecule has 0 N–H and O–H groups in total. The van der Waals surface area contributed by atoms with Gasteiger partial charge in [0.05, 0.1) is 0 Å². The van der Waals surface area contributed by atoms with Gasteiger partial charge in [-0.05, 0) is 31.0 Å². The van der Waals surface area contributed by atoms with Crippen molar-refractivity contribution in [1.29, 1.82) is 0 Å². The van der Waals surface area contributed by atoms with Crippen molar-refractivity contribution >= 4 is 37.6 Å². The third kappa shape index (κ3) is 3.12.